The van der Waals surface area contributed by atoms with E-state index in [0.29, 0.717) is 17.1 Å². The SMILES string of the molecule is COc1cccc(OCC(=O)N/N=C/c2ccc(F)cc2)c1. The van der Waals surface area contributed by atoms with Crippen molar-refractivity contribution in [2.45, 2.75) is 0 Å². The summed E-state index contributed by atoms with van der Waals surface area (Å²) in [5.41, 5.74) is 3.00. The summed E-state index contributed by atoms with van der Waals surface area (Å²) in [6.45, 7) is -0.173. The second kappa shape index (κ2) is 7.78. The summed E-state index contributed by atoms with van der Waals surface area (Å²) in [7, 11) is 1.55. The number of hydrazone groups is 1. The van der Waals surface area contributed by atoms with Gasteiger partial charge in [-0.25, -0.2) is 9.82 Å². The third kappa shape index (κ3) is 4.90. The minimum absolute atomic E-state index is 0.173. The van der Waals surface area contributed by atoms with Gasteiger partial charge in [0.1, 0.15) is 17.3 Å². The van der Waals surface area contributed by atoms with E-state index >= 15 is 0 Å². The molecule has 0 aliphatic rings. The van der Waals surface area contributed by atoms with Crippen molar-refractivity contribution >= 4 is 12.1 Å². The van der Waals surface area contributed by atoms with Gasteiger partial charge in [-0.2, -0.15) is 5.10 Å². The third-order valence-corrected chi connectivity index (χ3v) is 2.68. The molecule has 0 aliphatic heterocycles. The number of hydrogen-bond donors (Lipinski definition) is 1. The van der Waals surface area contributed by atoms with E-state index in [4.69, 9.17) is 9.47 Å². The van der Waals surface area contributed by atoms with E-state index in [-0.39, 0.29) is 12.4 Å². The van der Waals surface area contributed by atoms with Crippen LogP contribution < -0.4 is 14.9 Å². The molecule has 0 heterocycles. The van der Waals surface area contributed by atoms with Gasteiger partial charge in [-0.1, -0.05) is 18.2 Å². The quantitative estimate of drug-likeness (QED) is 0.658. The van der Waals surface area contributed by atoms with Crippen molar-refractivity contribution in [2.24, 2.45) is 5.10 Å². The maximum atomic E-state index is 12.7. The molecular weight excluding hydrogens is 287 g/mol. The zero-order valence-corrected chi connectivity index (χ0v) is 12.0. The summed E-state index contributed by atoms with van der Waals surface area (Å²) in [4.78, 5) is 11.6. The van der Waals surface area contributed by atoms with Crippen LogP contribution in [0.25, 0.3) is 0 Å². The van der Waals surface area contributed by atoms with Crippen LogP contribution >= 0.6 is 0 Å². The molecule has 0 fully saturated rings. The van der Waals surface area contributed by atoms with Crippen LogP contribution in [0, 0.1) is 5.82 Å². The fourth-order valence-electron chi connectivity index (χ4n) is 1.60. The van der Waals surface area contributed by atoms with Crippen molar-refractivity contribution in [2.75, 3.05) is 13.7 Å². The Morgan fingerprint density at radius 1 is 1.23 bits per heavy atom. The molecule has 0 atom stereocenters. The van der Waals surface area contributed by atoms with Crippen molar-refractivity contribution < 1.29 is 18.7 Å². The van der Waals surface area contributed by atoms with E-state index in [1.807, 2.05) is 0 Å². The first-order valence-corrected chi connectivity index (χ1v) is 6.52. The van der Waals surface area contributed by atoms with Gasteiger partial charge >= 0.3 is 0 Å². The molecule has 0 unspecified atom stereocenters. The smallest absolute Gasteiger partial charge is 0.277 e. The molecule has 22 heavy (non-hydrogen) atoms. The monoisotopic (exact) mass is 302 g/mol. The number of benzene rings is 2. The summed E-state index contributed by atoms with van der Waals surface area (Å²) in [5, 5.41) is 3.77. The Kier molecular flexibility index (Phi) is 5.48. The average Bonchev–Trinajstić information content (AvgIpc) is 2.55. The van der Waals surface area contributed by atoms with Crippen molar-refractivity contribution in [3.8, 4) is 11.5 Å². The highest BCUT2D eigenvalue weighted by Gasteiger charge is 2.02. The van der Waals surface area contributed by atoms with E-state index in [0.717, 1.165) is 0 Å². The van der Waals surface area contributed by atoms with Gasteiger partial charge < -0.3 is 9.47 Å². The second-order valence-corrected chi connectivity index (χ2v) is 4.31. The Bertz CT molecular complexity index is 657. The predicted octanol–water partition coefficient (Wildman–Crippen LogP) is 2.36. The van der Waals surface area contributed by atoms with E-state index in [1.54, 1.807) is 43.5 Å². The van der Waals surface area contributed by atoms with Gasteiger partial charge in [0.05, 0.1) is 13.3 Å². The van der Waals surface area contributed by atoms with Crippen molar-refractivity contribution in [1.82, 2.24) is 5.43 Å². The lowest BCUT2D eigenvalue weighted by Crippen LogP contribution is -2.24. The largest absolute Gasteiger partial charge is 0.497 e. The van der Waals surface area contributed by atoms with Gasteiger partial charge in [0.15, 0.2) is 6.61 Å². The molecule has 0 saturated heterocycles. The Morgan fingerprint density at radius 2 is 1.95 bits per heavy atom. The maximum Gasteiger partial charge on any atom is 0.277 e. The molecule has 0 bridgehead atoms. The summed E-state index contributed by atoms with van der Waals surface area (Å²) >= 11 is 0. The lowest BCUT2D eigenvalue weighted by atomic mass is 10.2. The zero-order chi connectivity index (χ0) is 15.8. The van der Waals surface area contributed by atoms with Crippen LogP contribution in [0.5, 0.6) is 11.5 Å². The number of nitrogens with one attached hydrogen (secondary N) is 1. The normalized spacial score (nSPS) is 10.5. The summed E-state index contributed by atoms with van der Waals surface area (Å²) in [6, 6.07) is 12.7. The fourth-order valence-corrected chi connectivity index (χ4v) is 1.60. The molecule has 2 aromatic carbocycles. The van der Waals surface area contributed by atoms with E-state index in [9.17, 15) is 9.18 Å². The van der Waals surface area contributed by atoms with Crippen molar-refractivity contribution in [3.63, 3.8) is 0 Å². The standard InChI is InChI=1S/C16H15FN2O3/c1-21-14-3-2-4-15(9-14)22-11-16(20)19-18-10-12-5-7-13(17)8-6-12/h2-10H,11H2,1H3,(H,19,20)/b18-10+. The number of hydrogen-bond acceptors (Lipinski definition) is 4. The lowest BCUT2D eigenvalue weighted by Gasteiger charge is -2.06. The van der Waals surface area contributed by atoms with E-state index < -0.39 is 5.91 Å². The highest BCUT2D eigenvalue weighted by molar-refractivity contribution is 5.82. The Balaban J connectivity index is 1.79. The number of rotatable bonds is 6. The molecule has 114 valence electrons. The maximum absolute atomic E-state index is 12.7. The summed E-state index contributed by atoms with van der Waals surface area (Å²) in [5.74, 6) is 0.443. The molecule has 2 rings (SSSR count). The first-order chi connectivity index (χ1) is 10.7. The van der Waals surface area contributed by atoms with Crippen LogP contribution in [0.3, 0.4) is 0 Å². The topological polar surface area (TPSA) is 59.9 Å². The second-order valence-electron chi connectivity index (χ2n) is 4.31. The van der Waals surface area contributed by atoms with E-state index in [2.05, 4.69) is 10.5 Å². The highest BCUT2D eigenvalue weighted by atomic mass is 19.1. The number of amides is 1. The fraction of sp³-hybridized carbons (Fsp3) is 0.125. The molecule has 2 aromatic rings. The zero-order valence-electron chi connectivity index (χ0n) is 12.0. The Labute approximate surface area is 127 Å². The third-order valence-electron chi connectivity index (χ3n) is 2.68. The molecule has 1 N–H and O–H groups in total. The van der Waals surface area contributed by atoms with Crippen molar-refractivity contribution in [1.29, 1.82) is 0 Å². The van der Waals surface area contributed by atoms with Gasteiger partial charge in [-0.05, 0) is 29.8 Å². The number of carbonyl (C=O) groups is 1. The van der Waals surface area contributed by atoms with Crippen LogP contribution in [0.15, 0.2) is 53.6 Å². The molecule has 0 saturated carbocycles. The predicted molar refractivity (Wildman–Crippen MR) is 80.6 cm³/mol. The number of nitrogens with zero attached hydrogens (tertiary/aromatic N) is 1. The van der Waals surface area contributed by atoms with E-state index in [1.165, 1.54) is 18.3 Å². The minimum Gasteiger partial charge on any atom is -0.497 e. The Morgan fingerprint density at radius 3 is 2.68 bits per heavy atom. The van der Waals surface area contributed by atoms with Gasteiger partial charge in [-0.3, -0.25) is 4.79 Å². The number of halogens is 1. The molecule has 0 aliphatic carbocycles. The first kappa shape index (κ1) is 15.5. The average molecular weight is 302 g/mol. The molecule has 0 spiro atoms. The van der Waals surface area contributed by atoms with Crippen LogP contribution in [0.1, 0.15) is 5.56 Å². The number of methoxy groups -OCH3 is 1. The van der Waals surface area contributed by atoms with Crippen LogP contribution in [0.2, 0.25) is 0 Å². The Hall–Kier alpha value is -2.89. The molecular formula is C16H15FN2O3. The summed E-state index contributed by atoms with van der Waals surface area (Å²) < 4.78 is 23.1. The first-order valence-electron chi connectivity index (χ1n) is 6.52. The number of carbonyl (C=O) groups excluding carboxylic acids is 1. The molecule has 0 radical (unpaired) electrons. The molecule has 6 heteroatoms. The van der Waals surface area contributed by atoms with Gasteiger partial charge in [0.2, 0.25) is 0 Å². The van der Waals surface area contributed by atoms with Crippen LogP contribution in [0.4, 0.5) is 4.39 Å². The van der Waals surface area contributed by atoms with Crippen molar-refractivity contribution in [3.05, 3.63) is 59.9 Å². The highest BCUT2D eigenvalue weighted by Crippen LogP contribution is 2.18. The molecule has 5 nitrogen and oxygen atoms in total. The van der Waals surface area contributed by atoms with Crippen LogP contribution in [-0.4, -0.2) is 25.8 Å². The summed E-state index contributed by atoms with van der Waals surface area (Å²) in [6.07, 6.45) is 1.42. The minimum atomic E-state index is -0.402. The van der Waals surface area contributed by atoms with Gasteiger partial charge in [0.25, 0.3) is 5.91 Å². The molecule has 1 amide bonds. The van der Waals surface area contributed by atoms with Gasteiger partial charge in [-0.15, -0.1) is 0 Å². The lowest BCUT2D eigenvalue weighted by molar-refractivity contribution is -0.123. The number of ether oxygens (including phenoxy) is 2. The van der Waals surface area contributed by atoms with Crippen LogP contribution in [-0.2, 0) is 4.79 Å². The molecule has 0 aromatic heterocycles. The van der Waals surface area contributed by atoms with Gasteiger partial charge in [0, 0.05) is 6.07 Å².